The van der Waals surface area contributed by atoms with Crippen molar-refractivity contribution < 1.29 is 37.9 Å². The summed E-state index contributed by atoms with van der Waals surface area (Å²) in [7, 11) is 4.00. The molecule has 1 aliphatic heterocycles. The summed E-state index contributed by atoms with van der Waals surface area (Å²) < 4.78 is 29.2. The molecular weight excluding hydrogens is 684 g/mol. The van der Waals surface area contributed by atoms with Gasteiger partial charge in [0.2, 0.25) is 11.4 Å². The molecule has 2 heterocycles. The van der Waals surface area contributed by atoms with Gasteiger partial charge in [-0.1, -0.05) is 60.7 Å². The summed E-state index contributed by atoms with van der Waals surface area (Å²) in [6.07, 6.45) is 0.767. The number of hydrogen-bond acceptors (Lipinski definition) is 10. The average molecular weight is 725 g/mol. The van der Waals surface area contributed by atoms with E-state index in [1.165, 1.54) is 0 Å². The molecule has 0 bridgehead atoms. The fraction of sp³-hybridized carbons (Fsp3) is 0.318. The monoisotopic (exact) mass is 724 g/mol. The van der Waals surface area contributed by atoms with Crippen molar-refractivity contribution in [1.82, 2.24) is 5.16 Å². The van der Waals surface area contributed by atoms with Crippen LogP contribution < -0.4 is 9.64 Å². The highest BCUT2D eigenvalue weighted by molar-refractivity contribution is 6.18. The van der Waals surface area contributed by atoms with Crippen molar-refractivity contribution in [3.05, 3.63) is 124 Å². The first-order valence-corrected chi connectivity index (χ1v) is 18.3. The van der Waals surface area contributed by atoms with Crippen LogP contribution in [-0.4, -0.2) is 48.2 Å². The topological polar surface area (TPSA) is 121 Å². The van der Waals surface area contributed by atoms with Crippen molar-refractivity contribution in [3.8, 4) is 17.0 Å². The van der Waals surface area contributed by atoms with Crippen LogP contribution in [0.15, 0.2) is 94.7 Å². The molecule has 3 aliphatic carbocycles. The normalized spacial score (nSPS) is 20.9. The van der Waals surface area contributed by atoms with Crippen molar-refractivity contribution >= 4 is 34.2 Å². The molecule has 9 rings (SSSR count). The lowest BCUT2D eigenvalue weighted by Gasteiger charge is -2.35. The number of benzene rings is 4. The standard InChI is InChI=1S/C44H40N2O8/c1-43(2,3)53-42(49)51-23-33-32-20-26(25-13-15-31(16-14-25)46(4)5)11-12-27(32)17-28-18-29-19-30-21-34-37(41(45-54-34)50-22-24-9-7-6-8-10-24)39(48)44(30)40(52-44)36(29)38(47)35(28)33/h6-17,20,29-30H,18-19,21-23H2,1-5H3/t29-,30-,44+/m0/s1. The van der Waals surface area contributed by atoms with Crippen LogP contribution in [0.5, 0.6) is 5.88 Å². The van der Waals surface area contributed by atoms with Crippen molar-refractivity contribution in [2.24, 2.45) is 11.8 Å². The predicted octanol–water partition coefficient (Wildman–Crippen LogP) is 8.43. The number of allylic oxidation sites excluding steroid dienone is 1. The molecule has 0 amide bonds. The predicted molar refractivity (Wildman–Crippen MR) is 201 cm³/mol. The molecule has 4 aliphatic rings. The number of carbonyl (C=O) groups is 3. The van der Waals surface area contributed by atoms with Crippen molar-refractivity contribution in [2.75, 3.05) is 19.0 Å². The Morgan fingerprint density at radius 2 is 1.69 bits per heavy atom. The van der Waals surface area contributed by atoms with E-state index in [1.54, 1.807) is 20.8 Å². The van der Waals surface area contributed by atoms with E-state index in [4.69, 9.17) is 23.5 Å². The van der Waals surface area contributed by atoms with Gasteiger partial charge in [0.25, 0.3) is 5.88 Å². The second-order valence-corrected chi connectivity index (χ2v) is 15.9. The second kappa shape index (κ2) is 12.3. The van der Waals surface area contributed by atoms with E-state index in [0.717, 1.165) is 38.7 Å². The number of nitrogens with zero attached hydrogens (tertiary/aromatic N) is 2. The minimum absolute atomic E-state index is 0.133. The Morgan fingerprint density at radius 3 is 2.43 bits per heavy atom. The minimum Gasteiger partial charge on any atom is -0.470 e. The summed E-state index contributed by atoms with van der Waals surface area (Å²) in [5.41, 5.74) is 4.73. The molecule has 54 heavy (non-hydrogen) atoms. The van der Waals surface area contributed by atoms with Gasteiger partial charge in [0.15, 0.2) is 17.3 Å². The third-order valence-electron chi connectivity index (χ3n) is 11.0. The van der Waals surface area contributed by atoms with Gasteiger partial charge in [-0.3, -0.25) is 9.59 Å². The van der Waals surface area contributed by atoms with E-state index in [0.29, 0.717) is 47.5 Å². The van der Waals surface area contributed by atoms with Crippen LogP contribution >= 0.6 is 0 Å². The van der Waals surface area contributed by atoms with Crippen LogP contribution in [0.3, 0.4) is 0 Å². The van der Waals surface area contributed by atoms with Crippen molar-refractivity contribution in [2.45, 2.75) is 64.4 Å². The summed E-state index contributed by atoms with van der Waals surface area (Å²) >= 11 is 0. The van der Waals surface area contributed by atoms with Gasteiger partial charge in [-0.2, -0.15) is 0 Å². The van der Waals surface area contributed by atoms with E-state index < -0.39 is 17.4 Å². The van der Waals surface area contributed by atoms with Crippen LogP contribution in [0, 0.1) is 11.8 Å². The molecule has 3 atom stereocenters. The number of carbonyl (C=O) groups excluding carboxylic acids is 3. The Labute approximate surface area is 312 Å². The first-order chi connectivity index (χ1) is 25.9. The van der Waals surface area contributed by atoms with Gasteiger partial charge in [0.05, 0.1) is 0 Å². The van der Waals surface area contributed by atoms with Gasteiger partial charge in [0.1, 0.15) is 24.4 Å². The Balaban J connectivity index is 1.10. The number of rotatable bonds is 7. The molecule has 0 radical (unpaired) electrons. The Kier molecular flexibility index (Phi) is 7.74. The Morgan fingerprint density at radius 1 is 0.926 bits per heavy atom. The summed E-state index contributed by atoms with van der Waals surface area (Å²) in [6.45, 7) is 5.37. The molecule has 274 valence electrons. The zero-order chi connectivity index (χ0) is 37.5. The highest BCUT2D eigenvalue weighted by atomic mass is 16.7. The number of ether oxygens (including phenoxy) is 4. The first kappa shape index (κ1) is 33.9. The van der Waals surface area contributed by atoms with E-state index >= 15 is 0 Å². The minimum atomic E-state index is -1.25. The lowest BCUT2D eigenvalue weighted by molar-refractivity contribution is -0.0107. The lowest BCUT2D eigenvalue weighted by Crippen LogP contribution is -2.44. The second-order valence-electron chi connectivity index (χ2n) is 15.9. The highest BCUT2D eigenvalue weighted by Gasteiger charge is 2.72. The van der Waals surface area contributed by atoms with Gasteiger partial charge in [-0.05, 0) is 95.9 Å². The third-order valence-corrected chi connectivity index (χ3v) is 11.0. The number of epoxide rings is 1. The SMILES string of the molecule is CN(C)c1ccc(-c2ccc3cc4c(c(COC(=O)OC(C)(C)C)c3c2)C(=O)C2=C3O[C@]35C(=O)c3c(OCc6ccccc6)noc3C[C@@H]5C[C@@H]2C4)cc1. The highest BCUT2D eigenvalue weighted by Crippen LogP contribution is 2.63. The molecule has 0 unspecified atom stereocenters. The molecule has 1 spiro atoms. The summed E-state index contributed by atoms with van der Waals surface area (Å²) in [6, 6.07) is 26.1. The first-order valence-electron chi connectivity index (χ1n) is 18.3. The fourth-order valence-corrected chi connectivity index (χ4v) is 8.48. The Bertz CT molecular complexity index is 2400. The summed E-state index contributed by atoms with van der Waals surface area (Å²) in [4.78, 5) is 44.2. The number of anilines is 1. The molecule has 1 fully saturated rings. The number of ketones is 2. The van der Waals surface area contributed by atoms with Gasteiger partial charge in [-0.15, -0.1) is 0 Å². The molecule has 1 saturated heterocycles. The molecule has 0 saturated carbocycles. The Hall–Kier alpha value is -5.90. The molecule has 0 N–H and O–H groups in total. The smallest absolute Gasteiger partial charge is 0.470 e. The molecule has 4 aromatic carbocycles. The average Bonchev–Trinajstić information content (AvgIpc) is 3.77. The summed E-state index contributed by atoms with van der Waals surface area (Å²) in [5, 5.41) is 5.87. The van der Waals surface area contributed by atoms with Gasteiger partial charge >= 0.3 is 6.16 Å². The molecule has 1 aromatic heterocycles. The molecule has 10 nitrogen and oxygen atoms in total. The quantitative estimate of drug-likeness (QED) is 0.119. The number of hydrogen-bond donors (Lipinski definition) is 0. The fourth-order valence-electron chi connectivity index (χ4n) is 8.48. The van der Waals surface area contributed by atoms with Crippen LogP contribution in [0.1, 0.15) is 70.4 Å². The van der Waals surface area contributed by atoms with E-state index in [1.807, 2.05) is 55.4 Å². The van der Waals surface area contributed by atoms with Gasteiger partial charge < -0.3 is 28.4 Å². The van der Waals surface area contributed by atoms with E-state index in [-0.39, 0.29) is 48.1 Å². The van der Waals surface area contributed by atoms with Crippen molar-refractivity contribution in [1.29, 1.82) is 0 Å². The number of Topliss-reactive ketones (excluding diaryl/α,β-unsaturated/α-hetero) is 2. The van der Waals surface area contributed by atoms with Crippen LogP contribution in [0.2, 0.25) is 0 Å². The maximum absolute atomic E-state index is 14.9. The van der Waals surface area contributed by atoms with Crippen LogP contribution in [-0.2, 0) is 40.3 Å². The maximum atomic E-state index is 14.9. The van der Waals surface area contributed by atoms with Gasteiger partial charge in [0, 0.05) is 48.8 Å². The maximum Gasteiger partial charge on any atom is 0.509 e. The van der Waals surface area contributed by atoms with E-state index in [2.05, 4.69) is 47.6 Å². The third kappa shape index (κ3) is 5.54. The number of fused-ring (bicyclic) bond motifs is 4. The van der Waals surface area contributed by atoms with Crippen LogP contribution in [0.4, 0.5) is 10.5 Å². The molecule has 10 heteroatoms. The van der Waals surface area contributed by atoms with E-state index in [9.17, 15) is 14.4 Å². The largest absolute Gasteiger partial charge is 0.509 e. The molecular formula is C44H40N2O8. The lowest BCUT2D eigenvalue weighted by atomic mass is 9.63. The van der Waals surface area contributed by atoms with Gasteiger partial charge in [-0.25, -0.2) is 4.79 Å². The number of aromatic nitrogens is 1. The summed E-state index contributed by atoms with van der Waals surface area (Å²) in [5.74, 6) is 0.198. The van der Waals surface area contributed by atoms with Crippen LogP contribution in [0.25, 0.3) is 21.9 Å². The zero-order valence-corrected chi connectivity index (χ0v) is 30.9. The molecule has 5 aromatic rings. The zero-order valence-electron chi connectivity index (χ0n) is 30.9. The van der Waals surface area contributed by atoms with Crippen molar-refractivity contribution in [3.63, 3.8) is 0 Å².